The number of sulfonamides is 1. The molecular formula is C17H34N3O3S+. The summed E-state index contributed by atoms with van der Waals surface area (Å²) in [5.74, 6) is 0.209. The van der Waals surface area contributed by atoms with Gasteiger partial charge >= 0.3 is 0 Å². The zero-order chi connectivity index (χ0) is 17.6. The normalized spacial score (nSPS) is 27.1. The lowest BCUT2D eigenvalue weighted by atomic mass is 9.97. The molecule has 2 aliphatic rings. The van der Waals surface area contributed by atoms with E-state index >= 15 is 0 Å². The Labute approximate surface area is 147 Å². The summed E-state index contributed by atoms with van der Waals surface area (Å²) in [6.45, 7) is 8.08. The molecule has 0 saturated carbocycles. The molecule has 2 N–H and O–H groups in total. The fraction of sp³-hybridized carbons (Fsp3) is 0.941. The van der Waals surface area contributed by atoms with Crippen LogP contribution in [-0.2, 0) is 14.8 Å². The highest BCUT2D eigenvalue weighted by atomic mass is 32.2. The van der Waals surface area contributed by atoms with Crippen LogP contribution in [0.4, 0.5) is 0 Å². The number of carbonyl (C=O) groups excluding carboxylic acids is 1. The van der Waals surface area contributed by atoms with Crippen LogP contribution in [0.25, 0.3) is 0 Å². The number of hydrogen-bond acceptors (Lipinski definition) is 3. The van der Waals surface area contributed by atoms with Crippen molar-refractivity contribution < 1.29 is 18.1 Å². The monoisotopic (exact) mass is 360 g/mol. The average Bonchev–Trinajstić information content (AvgIpc) is 2.60. The predicted octanol–water partition coefficient (Wildman–Crippen LogP) is 0.0117. The molecule has 2 fully saturated rings. The van der Waals surface area contributed by atoms with Gasteiger partial charge in [-0.25, -0.2) is 12.7 Å². The Balaban J connectivity index is 1.63. The number of nitrogens with one attached hydrogen (secondary N) is 2. The second-order valence-corrected chi connectivity index (χ2v) is 9.53. The molecule has 2 atom stereocenters. The lowest BCUT2D eigenvalue weighted by molar-refractivity contribution is -0.928. The van der Waals surface area contributed by atoms with Crippen LogP contribution in [-0.4, -0.2) is 63.1 Å². The molecule has 0 aromatic carbocycles. The van der Waals surface area contributed by atoms with Crippen molar-refractivity contribution in [3.05, 3.63) is 0 Å². The summed E-state index contributed by atoms with van der Waals surface area (Å²) in [5.41, 5.74) is 0. The maximum atomic E-state index is 12.3. The van der Waals surface area contributed by atoms with Crippen molar-refractivity contribution in [2.75, 3.05) is 38.5 Å². The van der Waals surface area contributed by atoms with Crippen LogP contribution in [0.5, 0.6) is 0 Å². The molecule has 0 bridgehead atoms. The minimum Gasteiger partial charge on any atom is -0.356 e. The smallest absolute Gasteiger partial charge is 0.223 e. The molecule has 0 radical (unpaired) electrons. The van der Waals surface area contributed by atoms with Gasteiger partial charge in [-0.15, -0.1) is 0 Å². The first kappa shape index (κ1) is 19.7. The van der Waals surface area contributed by atoms with E-state index in [0.29, 0.717) is 25.9 Å². The van der Waals surface area contributed by atoms with Crippen molar-refractivity contribution in [2.45, 2.75) is 58.4 Å². The number of amides is 1. The third-order valence-corrected chi connectivity index (χ3v) is 7.52. The summed E-state index contributed by atoms with van der Waals surface area (Å²) in [5, 5.41) is 3.05. The van der Waals surface area contributed by atoms with Gasteiger partial charge in [0.05, 0.1) is 24.9 Å². The van der Waals surface area contributed by atoms with E-state index < -0.39 is 10.0 Å². The molecule has 140 valence electrons. The number of likely N-dealkylation sites (tertiary alicyclic amines) is 1. The van der Waals surface area contributed by atoms with Gasteiger partial charge in [-0.2, -0.15) is 0 Å². The Kier molecular flexibility index (Phi) is 7.50. The zero-order valence-corrected chi connectivity index (χ0v) is 16.0. The van der Waals surface area contributed by atoms with Gasteiger partial charge < -0.3 is 10.2 Å². The van der Waals surface area contributed by atoms with Crippen LogP contribution in [0.2, 0.25) is 0 Å². The largest absolute Gasteiger partial charge is 0.356 e. The van der Waals surface area contributed by atoms with Gasteiger partial charge in [-0.05, 0) is 46.0 Å². The Morgan fingerprint density at radius 3 is 2.54 bits per heavy atom. The van der Waals surface area contributed by atoms with Crippen molar-refractivity contribution in [1.82, 2.24) is 9.62 Å². The Hall–Kier alpha value is -0.660. The van der Waals surface area contributed by atoms with E-state index in [2.05, 4.69) is 12.2 Å². The summed E-state index contributed by atoms with van der Waals surface area (Å²) in [4.78, 5) is 13.9. The molecule has 24 heavy (non-hydrogen) atoms. The highest BCUT2D eigenvalue weighted by Gasteiger charge is 2.30. The van der Waals surface area contributed by atoms with Gasteiger partial charge in [0.2, 0.25) is 15.9 Å². The first-order chi connectivity index (χ1) is 11.4. The second-order valence-electron chi connectivity index (χ2n) is 7.27. The molecule has 1 amide bonds. The zero-order valence-electron chi connectivity index (χ0n) is 15.2. The number of quaternary nitrogens is 1. The van der Waals surface area contributed by atoms with Gasteiger partial charge in [0, 0.05) is 32.0 Å². The van der Waals surface area contributed by atoms with E-state index in [1.807, 2.05) is 0 Å². The van der Waals surface area contributed by atoms with Gasteiger partial charge in [-0.3, -0.25) is 4.79 Å². The van der Waals surface area contributed by atoms with Crippen molar-refractivity contribution in [3.63, 3.8) is 0 Å². The first-order valence-electron chi connectivity index (χ1n) is 9.54. The summed E-state index contributed by atoms with van der Waals surface area (Å²) in [6, 6.07) is 0.749. The molecule has 0 spiro atoms. The van der Waals surface area contributed by atoms with Gasteiger partial charge in [0.25, 0.3) is 0 Å². The molecule has 2 aliphatic heterocycles. The number of nitrogens with zero attached hydrogens (tertiary/aromatic N) is 1. The van der Waals surface area contributed by atoms with E-state index in [9.17, 15) is 13.2 Å². The molecule has 7 heteroatoms. The molecule has 2 heterocycles. The molecule has 1 unspecified atom stereocenters. The van der Waals surface area contributed by atoms with Crippen LogP contribution in [0.3, 0.4) is 0 Å². The second kappa shape index (κ2) is 9.15. The van der Waals surface area contributed by atoms with E-state index in [-0.39, 0.29) is 17.6 Å². The van der Waals surface area contributed by atoms with E-state index in [4.69, 9.17) is 0 Å². The van der Waals surface area contributed by atoms with E-state index in [1.165, 1.54) is 30.1 Å². The Morgan fingerprint density at radius 2 is 1.92 bits per heavy atom. The number of rotatable bonds is 7. The lowest BCUT2D eigenvalue weighted by Gasteiger charge is -2.31. The molecule has 0 aromatic heterocycles. The van der Waals surface area contributed by atoms with Crippen LogP contribution in [0, 0.1) is 5.92 Å². The van der Waals surface area contributed by atoms with Crippen molar-refractivity contribution >= 4 is 15.9 Å². The maximum Gasteiger partial charge on any atom is 0.223 e. The Bertz CT molecular complexity index is 501. The fourth-order valence-electron chi connectivity index (χ4n) is 3.87. The van der Waals surface area contributed by atoms with Gasteiger partial charge in [0.15, 0.2) is 0 Å². The van der Waals surface area contributed by atoms with Crippen molar-refractivity contribution in [3.8, 4) is 0 Å². The topological polar surface area (TPSA) is 70.9 Å². The molecule has 6 nitrogen and oxygen atoms in total. The molecular weight excluding hydrogens is 326 g/mol. The number of piperidine rings is 2. The highest BCUT2D eigenvalue weighted by Crippen LogP contribution is 2.19. The summed E-state index contributed by atoms with van der Waals surface area (Å²) < 4.78 is 25.2. The fourth-order valence-corrected chi connectivity index (χ4v) is 5.01. The minimum atomic E-state index is -3.11. The summed E-state index contributed by atoms with van der Waals surface area (Å²) in [7, 11) is -3.11. The van der Waals surface area contributed by atoms with Crippen LogP contribution in [0.1, 0.15) is 52.4 Å². The minimum absolute atomic E-state index is 0.0328. The van der Waals surface area contributed by atoms with Crippen LogP contribution in [0.15, 0.2) is 0 Å². The average molecular weight is 361 g/mol. The quantitative estimate of drug-likeness (QED) is 0.629. The Morgan fingerprint density at radius 1 is 1.21 bits per heavy atom. The molecule has 2 rings (SSSR count). The van der Waals surface area contributed by atoms with E-state index in [1.54, 1.807) is 11.8 Å². The SMILES string of the molecule is CCS(=O)(=O)N1CCC(C(=O)NCCC[NH+]2CCCC[C@@H]2C)CC1. The molecule has 2 saturated heterocycles. The van der Waals surface area contributed by atoms with Gasteiger partial charge in [0.1, 0.15) is 0 Å². The lowest BCUT2D eigenvalue weighted by Crippen LogP contribution is -3.16. The number of carbonyl (C=O) groups is 1. The van der Waals surface area contributed by atoms with Gasteiger partial charge in [-0.1, -0.05) is 0 Å². The third kappa shape index (κ3) is 5.43. The number of hydrogen-bond donors (Lipinski definition) is 2. The summed E-state index contributed by atoms with van der Waals surface area (Å²) in [6.07, 6.45) is 6.30. The van der Waals surface area contributed by atoms with Crippen LogP contribution >= 0.6 is 0 Å². The molecule has 0 aliphatic carbocycles. The maximum absolute atomic E-state index is 12.3. The summed E-state index contributed by atoms with van der Waals surface area (Å²) >= 11 is 0. The van der Waals surface area contributed by atoms with Crippen molar-refractivity contribution in [2.24, 2.45) is 5.92 Å². The molecule has 0 aromatic rings. The predicted molar refractivity (Wildman–Crippen MR) is 95.4 cm³/mol. The van der Waals surface area contributed by atoms with Crippen LogP contribution < -0.4 is 10.2 Å². The standard InChI is InChI=1S/C17H33N3O3S/c1-3-24(22,23)20-13-8-16(9-14-20)17(21)18-10-6-12-19-11-5-4-7-15(19)2/h15-16H,3-14H2,1-2H3,(H,18,21)/p+1/t15-/m0/s1. The third-order valence-electron chi connectivity index (χ3n) is 5.64. The van der Waals surface area contributed by atoms with Crippen molar-refractivity contribution in [1.29, 1.82) is 0 Å². The highest BCUT2D eigenvalue weighted by molar-refractivity contribution is 7.89. The first-order valence-corrected chi connectivity index (χ1v) is 11.1. The van der Waals surface area contributed by atoms with E-state index in [0.717, 1.165) is 25.6 Å².